The van der Waals surface area contributed by atoms with Crippen molar-refractivity contribution in [3.63, 3.8) is 0 Å². The van der Waals surface area contributed by atoms with Crippen LogP contribution in [-0.2, 0) is 4.79 Å². The predicted molar refractivity (Wildman–Crippen MR) is 111 cm³/mol. The molecule has 1 unspecified atom stereocenters. The van der Waals surface area contributed by atoms with E-state index in [1.54, 1.807) is 7.11 Å². The van der Waals surface area contributed by atoms with Gasteiger partial charge < -0.3 is 14.8 Å². The second kappa shape index (κ2) is 9.85. The molecule has 0 aliphatic heterocycles. The molecule has 1 N–H and O–H groups in total. The summed E-state index contributed by atoms with van der Waals surface area (Å²) in [6.45, 7) is 1.97. The molecular weight excluding hydrogens is 350 g/mol. The van der Waals surface area contributed by atoms with E-state index in [9.17, 15) is 4.79 Å². The Morgan fingerprint density at radius 1 is 1.14 bits per heavy atom. The lowest BCUT2D eigenvalue weighted by atomic mass is 9.98. The number of methoxy groups -OCH3 is 1. The highest BCUT2D eigenvalue weighted by atomic mass is 16.5. The lowest BCUT2D eigenvalue weighted by Crippen LogP contribution is -2.25. The third kappa shape index (κ3) is 5.53. The zero-order valence-electron chi connectivity index (χ0n) is 16.5. The fourth-order valence-electron chi connectivity index (χ4n) is 3.38. The summed E-state index contributed by atoms with van der Waals surface area (Å²) in [7, 11) is 1.65. The summed E-state index contributed by atoms with van der Waals surface area (Å²) < 4.78 is 11.7. The monoisotopic (exact) mass is 377 g/mol. The fourth-order valence-corrected chi connectivity index (χ4v) is 3.38. The second-order valence-corrected chi connectivity index (χ2v) is 7.06. The standard InChI is InChI=1S/C24H27NO3/c1-18(26)25-17-21(13-12-19-8-4-3-5-9-19)20-14-15-23(27-2)24(16-20)28-22-10-6-7-11-22/h3-5,8-9,14-16,21-22H,6-7,10-11,17H2,1-2H3,(H,25,26). The van der Waals surface area contributed by atoms with Gasteiger partial charge in [0.2, 0.25) is 5.91 Å². The summed E-state index contributed by atoms with van der Waals surface area (Å²) >= 11 is 0. The Hall–Kier alpha value is -2.93. The number of hydrogen-bond acceptors (Lipinski definition) is 3. The van der Waals surface area contributed by atoms with Crippen molar-refractivity contribution >= 4 is 5.91 Å². The summed E-state index contributed by atoms with van der Waals surface area (Å²) in [5.74, 6) is 7.79. The number of carbonyl (C=O) groups is 1. The molecular formula is C24H27NO3. The molecule has 1 saturated carbocycles. The molecule has 1 amide bonds. The maximum absolute atomic E-state index is 11.4. The molecule has 1 aliphatic rings. The van der Waals surface area contributed by atoms with E-state index >= 15 is 0 Å². The molecule has 2 aromatic carbocycles. The van der Waals surface area contributed by atoms with Crippen LogP contribution in [0, 0.1) is 11.8 Å². The first-order valence-electron chi connectivity index (χ1n) is 9.81. The molecule has 4 nitrogen and oxygen atoms in total. The van der Waals surface area contributed by atoms with E-state index in [0.29, 0.717) is 6.54 Å². The van der Waals surface area contributed by atoms with Gasteiger partial charge in [0, 0.05) is 19.0 Å². The molecule has 1 atom stereocenters. The van der Waals surface area contributed by atoms with Gasteiger partial charge in [0.15, 0.2) is 11.5 Å². The van der Waals surface area contributed by atoms with Crippen LogP contribution in [0.4, 0.5) is 0 Å². The zero-order valence-corrected chi connectivity index (χ0v) is 16.5. The van der Waals surface area contributed by atoms with Crippen LogP contribution in [0.3, 0.4) is 0 Å². The maximum Gasteiger partial charge on any atom is 0.216 e. The molecule has 4 heteroatoms. The fraction of sp³-hybridized carbons (Fsp3) is 0.375. The van der Waals surface area contributed by atoms with E-state index in [4.69, 9.17) is 9.47 Å². The molecule has 1 fully saturated rings. The van der Waals surface area contributed by atoms with Crippen LogP contribution in [-0.4, -0.2) is 25.7 Å². The van der Waals surface area contributed by atoms with Crippen LogP contribution >= 0.6 is 0 Å². The molecule has 0 bridgehead atoms. The summed E-state index contributed by atoms with van der Waals surface area (Å²) in [5, 5.41) is 2.89. The number of rotatable bonds is 6. The second-order valence-electron chi connectivity index (χ2n) is 7.06. The summed E-state index contributed by atoms with van der Waals surface area (Å²) in [6, 6.07) is 15.8. The van der Waals surface area contributed by atoms with E-state index < -0.39 is 0 Å². The normalized spacial score (nSPS) is 14.6. The highest BCUT2D eigenvalue weighted by Crippen LogP contribution is 2.34. The van der Waals surface area contributed by atoms with E-state index in [1.165, 1.54) is 19.8 Å². The van der Waals surface area contributed by atoms with Crippen molar-refractivity contribution in [2.24, 2.45) is 0 Å². The Kier molecular flexibility index (Phi) is 6.97. The first-order chi connectivity index (χ1) is 13.7. The lowest BCUT2D eigenvalue weighted by Gasteiger charge is -2.19. The van der Waals surface area contributed by atoms with Crippen LogP contribution in [0.5, 0.6) is 11.5 Å². The molecule has 0 aromatic heterocycles. The first-order valence-corrected chi connectivity index (χ1v) is 9.81. The van der Waals surface area contributed by atoms with Crippen LogP contribution in [0.1, 0.15) is 49.7 Å². The highest BCUT2D eigenvalue weighted by Gasteiger charge is 2.20. The minimum atomic E-state index is -0.138. The SMILES string of the molecule is COc1ccc(C(C#Cc2ccccc2)CNC(C)=O)cc1OC1CCCC1. The Bertz CT molecular complexity index is 845. The maximum atomic E-state index is 11.4. The van der Waals surface area contributed by atoms with E-state index in [-0.39, 0.29) is 17.9 Å². The van der Waals surface area contributed by atoms with Crippen molar-refractivity contribution in [1.82, 2.24) is 5.32 Å². The van der Waals surface area contributed by atoms with Crippen molar-refractivity contribution < 1.29 is 14.3 Å². The van der Waals surface area contributed by atoms with Gasteiger partial charge in [0.25, 0.3) is 0 Å². The first kappa shape index (κ1) is 19.8. The van der Waals surface area contributed by atoms with Gasteiger partial charge in [-0.1, -0.05) is 36.1 Å². The van der Waals surface area contributed by atoms with Crippen LogP contribution in [0.25, 0.3) is 0 Å². The van der Waals surface area contributed by atoms with E-state index in [2.05, 4.69) is 17.2 Å². The highest BCUT2D eigenvalue weighted by molar-refractivity contribution is 5.73. The average molecular weight is 377 g/mol. The number of nitrogens with one attached hydrogen (secondary N) is 1. The lowest BCUT2D eigenvalue weighted by molar-refractivity contribution is -0.118. The largest absolute Gasteiger partial charge is 0.493 e. The number of carbonyl (C=O) groups excluding carboxylic acids is 1. The minimum absolute atomic E-state index is 0.0672. The molecule has 0 spiro atoms. The van der Waals surface area contributed by atoms with Crippen molar-refractivity contribution in [3.05, 3.63) is 59.7 Å². The smallest absolute Gasteiger partial charge is 0.216 e. The van der Waals surface area contributed by atoms with Gasteiger partial charge in [0.05, 0.1) is 19.1 Å². The third-order valence-electron chi connectivity index (χ3n) is 4.91. The van der Waals surface area contributed by atoms with Gasteiger partial charge in [0.1, 0.15) is 0 Å². The Morgan fingerprint density at radius 3 is 2.57 bits per heavy atom. The molecule has 0 saturated heterocycles. The summed E-state index contributed by atoms with van der Waals surface area (Å²) in [6.07, 6.45) is 4.82. The molecule has 0 heterocycles. The van der Waals surface area contributed by atoms with Gasteiger partial charge in [-0.3, -0.25) is 4.79 Å². The molecule has 0 radical (unpaired) electrons. The molecule has 146 valence electrons. The van der Waals surface area contributed by atoms with Crippen molar-refractivity contribution in [1.29, 1.82) is 0 Å². The summed E-state index contributed by atoms with van der Waals surface area (Å²) in [4.78, 5) is 11.4. The average Bonchev–Trinajstić information content (AvgIpc) is 3.22. The number of ether oxygens (including phenoxy) is 2. The van der Waals surface area contributed by atoms with Crippen LogP contribution in [0.15, 0.2) is 48.5 Å². The quantitative estimate of drug-likeness (QED) is 0.764. The Morgan fingerprint density at radius 2 is 1.89 bits per heavy atom. The Labute approximate surface area is 167 Å². The molecule has 3 rings (SSSR count). The van der Waals surface area contributed by atoms with E-state index in [1.807, 2.05) is 48.5 Å². The predicted octanol–water partition coefficient (Wildman–Crippen LogP) is 4.29. The number of amides is 1. The van der Waals surface area contributed by atoms with Gasteiger partial charge in [-0.25, -0.2) is 0 Å². The van der Waals surface area contributed by atoms with E-state index in [0.717, 1.165) is 35.5 Å². The van der Waals surface area contributed by atoms with Gasteiger partial charge in [-0.2, -0.15) is 0 Å². The van der Waals surface area contributed by atoms with Crippen molar-refractivity contribution in [3.8, 4) is 23.3 Å². The third-order valence-corrected chi connectivity index (χ3v) is 4.91. The van der Waals surface area contributed by atoms with Crippen molar-refractivity contribution in [2.75, 3.05) is 13.7 Å². The molecule has 2 aromatic rings. The Balaban J connectivity index is 1.87. The van der Waals surface area contributed by atoms with Crippen LogP contribution < -0.4 is 14.8 Å². The number of hydrogen-bond donors (Lipinski definition) is 1. The van der Waals surface area contributed by atoms with Gasteiger partial charge in [-0.05, 0) is 55.5 Å². The summed E-state index contributed by atoms with van der Waals surface area (Å²) in [5.41, 5.74) is 1.96. The van der Waals surface area contributed by atoms with Gasteiger partial charge >= 0.3 is 0 Å². The van der Waals surface area contributed by atoms with Crippen molar-refractivity contribution in [2.45, 2.75) is 44.6 Å². The molecule has 1 aliphatic carbocycles. The minimum Gasteiger partial charge on any atom is -0.493 e. The topological polar surface area (TPSA) is 47.6 Å². The molecule has 28 heavy (non-hydrogen) atoms. The van der Waals surface area contributed by atoms with Gasteiger partial charge in [-0.15, -0.1) is 0 Å². The zero-order chi connectivity index (χ0) is 19.8. The number of benzene rings is 2. The van der Waals surface area contributed by atoms with Crippen LogP contribution in [0.2, 0.25) is 0 Å².